The first-order valence-electron chi connectivity index (χ1n) is 5.10. The van der Waals surface area contributed by atoms with Crippen LogP contribution in [0.25, 0.3) is 0 Å². The fraction of sp³-hybridized carbons (Fsp3) is 0.417. The SMILES string of the molecule is [CH2]CCc1ccc(Br)cc1.[CH3][SnH]([CH3])[CH3]. The monoisotopic (exact) mass is 363 g/mol. The van der Waals surface area contributed by atoms with E-state index in [0.29, 0.717) is 0 Å². The number of benzene rings is 1. The molecule has 0 amide bonds. The van der Waals surface area contributed by atoms with E-state index in [1.165, 1.54) is 5.56 Å². The van der Waals surface area contributed by atoms with Gasteiger partial charge in [-0.1, -0.05) is 35.0 Å². The minimum atomic E-state index is -0.637. The Morgan fingerprint density at radius 3 is 1.93 bits per heavy atom. The first-order valence-corrected chi connectivity index (χ1v) is 15.8. The minimum absolute atomic E-state index is 0.637. The van der Waals surface area contributed by atoms with Crippen molar-refractivity contribution < 1.29 is 0 Å². The molecule has 0 saturated heterocycles. The van der Waals surface area contributed by atoms with E-state index in [0.717, 1.165) is 17.3 Å². The zero-order valence-corrected chi connectivity index (χ0v) is 14.3. The van der Waals surface area contributed by atoms with Crippen molar-refractivity contribution in [2.45, 2.75) is 27.7 Å². The van der Waals surface area contributed by atoms with Crippen LogP contribution >= 0.6 is 15.9 Å². The molecule has 0 N–H and O–H groups in total. The van der Waals surface area contributed by atoms with Crippen LogP contribution in [0.2, 0.25) is 14.8 Å². The Bertz CT molecular complexity index is 226. The van der Waals surface area contributed by atoms with Crippen molar-refractivity contribution in [3.8, 4) is 0 Å². The third-order valence-electron chi connectivity index (χ3n) is 1.38. The van der Waals surface area contributed by atoms with Gasteiger partial charge in [-0.15, -0.1) is 0 Å². The molecule has 1 aromatic rings. The summed E-state index contributed by atoms with van der Waals surface area (Å²) in [5.41, 5.74) is 1.36. The van der Waals surface area contributed by atoms with E-state index in [1.54, 1.807) is 0 Å². The van der Waals surface area contributed by atoms with E-state index in [1.807, 2.05) is 0 Å². The van der Waals surface area contributed by atoms with Crippen molar-refractivity contribution in [2.75, 3.05) is 0 Å². The van der Waals surface area contributed by atoms with Gasteiger partial charge in [0.05, 0.1) is 0 Å². The van der Waals surface area contributed by atoms with E-state index in [9.17, 15) is 0 Å². The second-order valence-corrected chi connectivity index (χ2v) is 14.8. The van der Waals surface area contributed by atoms with Crippen LogP contribution in [0.5, 0.6) is 0 Å². The predicted octanol–water partition coefficient (Wildman–Crippen LogP) is 4.32. The van der Waals surface area contributed by atoms with E-state index in [2.05, 4.69) is 61.9 Å². The van der Waals surface area contributed by atoms with Crippen molar-refractivity contribution in [1.82, 2.24) is 0 Å². The molecule has 0 fully saturated rings. The molecule has 14 heavy (non-hydrogen) atoms. The molecule has 0 aliphatic heterocycles. The third kappa shape index (κ3) is 9.07. The quantitative estimate of drug-likeness (QED) is 0.687. The number of halogens is 1. The Kier molecular flexibility index (Phi) is 9.09. The van der Waals surface area contributed by atoms with Crippen LogP contribution in [0.4, 0.5) is 0 Å². The Balaban J connectivity index is 0.000000364. The number of hydrogen-bond donors (Lipinski definition) is 0. The molecule has 0 atom stereocenters. The molecule has 0 saturated carbocycles. The van der Waals surface area contributed by atoms with Crippen LogP contribution in [-0.4, -0.2) is 19.8 Å². The summed E-state index contributed by atoms with van der Waals surface area (Å²) < 4.78 is 1.14. The van der Waals surface area contributed by atoms with E-state index >= 15 is 0 Å². The molecule has 0 heterocycles. The van der Waals surface area contributed by atoms with Gasteiger partial charge in [0, 0.05) is 4.47 Å². The molecule has 0 bridgehead atoms. The summed E-state index contributed by atoms with van der Waals surface area (Å²) >= 11 is 2.74. The van der Waals surface area contributed by atoms with Crippen molar-refractivity contribution in [3.05, 3.63) is 41.2 Å². The topological polar surface area (TPSA) is 0 Å². The van der Waals surface area contributed by atoms with Crippen molar-refractivity contribution in [3.63, 3.8) is 0 Å². The maximum absolute atomic E-state index is 3.79. The second kappa shape index (κ2) is 8.78. The van der Waals surface area contributed by atoms with Gasteiger partial charge >= 0.3 is 34.6 Å². The molecule has 1 aromatic carbocycles. The van der Waals surface area contributed by atoms with Crippen LogP contribution in [0.3, 0.4) is 0 Å². The van der Waals surface area contributed by atoms with Gasteiger partial charge in [0.2, 0.25) is 0 Å². The van der Waals surface area contributed by atoms with Crippen molar-refractivity contribution in [2.24, 2.45) is 0 Å². The zero-order valence-electron chi connectivity index (χ0n) is 9.39. The molecule has 0 aromatic heterocycles. The average molecular weight is 363 g/mol. The average Bonchev–Trinajstić information content (AvgIpc) is 2.08. The van der Waals surface area contributed by atoms with Crippen LogP contribution in [0.1, 0.15) is 12.0 Å². The summed E-state index contributed by atoms with van der Waals surface area (Å²) in [5.74, 6) is 0. The molecule has 0 nitrogen and oxygen atoms in total. The van der Waals surface area contributed by atoms with Gasteiger partial charge in [0.25, 0.3) is 0 Å². The first kappa shape index (κ1) is 14.5. The van der Waals surface area contributed by atoms with Crippen LogP contribution in [0, 0.1) is 6.92 Å². The Morgan fingerprint density at radius 1 is 1.14 bits per heavy atom. The number of aryl methyl sites for hydroxylation is 1. The third-order valence-corrected chi connectivity index (χ3v) is 1.91. The summed E-state index contributed by atoms with van der Waals surface area (Å²) in [6.45, 7) is 3.79. The first-order chi connectivity index (χ1) is 6.56. The summed E-state index contributed by atoms with van der Waals surface area (Å²) in [5, 5.41) is 0. The van der Waals surface area contributed by atoms with Gasteiger partial charge in [-0.05, 0) is 30.5 Å². The Morgan fingerprint density at radius 2 is 1.57 bits per heavy atom. The Labute approximate surface area is 104 Å². The molecule has 2 heteroatoms. The fourth-order valence-corrected chi connectivity index (χ4v) is 1.12. The standard InChI is InChI=1S/C9H10Br.3CH3.Sn.H/c1-2-3-8-4-6-9(10)7-5-8;;;;;/h4-7H,1-3H2;3*1H3;;. The molecule has 0 spiro atoms. The van der Waals surface area contributed by atoms with Gasteiger partial charge in [-0.3, -0.25) is 0 Å². The number of hydrogen-bond acceptors (Lipinski definition) is 0. The molecule has 79 valence electrons. The fourth-order valence-electron chi connectivity index (χ4n) is 0.855. The maximum atomic E-state index is 3.79. The van der Waals surface area contributed by atoms with Crippen molar-refractivity contribution in [1.29, 1.82) is 0 Å². The summed E-state index contributed by atoms with van der Waals surface area (Å²) in [4.78, 5) is 7.13. The summed E-state index contributed by atoms with van der Waals surface area (Å²) in [6, 6.07) is 8.36. The van der Waals surface area contributed by atoms with Crippen LogP contribution in [-0.2, 0) is 6.42 Å². The summed E-state index contributed by atoms with van der Waals surface area (Å²) in [6.07, 6.45) is 2.05. The van der Waals surface area contributed by atoms with E-state index in [4.69, 9.17) is 0 Å². The molecule has 0 aliphatic rings. The van der Waals surface area contributed by atoms with Gasteiger partial charge in [0.15, 0.2) is 0 Å². The van der Waals surface area contributed by atoms with Gasteiger partial charge in [0.1, 0.15) is 0 Å². The molecular formula is C12H20BrSn. The van der Waals surface area contributed by atoms with Crippen molar-refractivity contribution >= 4 is 35.7 Å². The molecular weight excluding hydrogens is 343 g/mol. The summed E-state index contributed by atoms with van der Waals surface area (Å²) in [7, 11) is 0. The second-order valence-electron chi connectivity index (χ2n) is 3.96. The van der Waals surface area contributed by atoms with E-state index in [-0.39, 0.29) is 0 Å². The van der Waals surface area contributed by atoms with Gasteiger partial charge in [-0.25, -0.2) is 0 Å². The van der Waals surface area contributed by atoms with Crippen LogP contribution < -0.4 is 0 Å². The van der Waals surface area contributed by atoms with E-state index < -0.39 is 19.8 Å². The molecule has 0 unspecified atom stereocenters. The Hall–Kier alpha value is 0.499. The van der Waals surface area contributed by atoms with Gasteiger partial charge in [-0.2, -0.15) is 0 Å². The molecule has 0 aliphatic carbocycles. The normalized spacial score (nSPS) is 9.57. The predicted molar refractivity (Wildman–Crippen MR) is 72.6 cm³/mol. The zero-order chi connectivity index (χ0) is 11.0. The molecule has 1 radical (unpaired) electrons. The van der Waals surface area contributed by atoms with Crippen LogP contribution in [0.15, 0.2) is 28.7 Å². The molecule has 1 rings (SSSR count). The van der Waals surface area contributed by atoms with Gasteiger partial charge < -0.3 is 0 Å². The number of rotatable bonds is 2.